The summed E-state index contributed by atoms with van der Waals surface area (Å²) in [4.78, 5) is 25.9. The summed E-state index contributed by atoms with van der Waals surface area (Å²) >= 11 is 1.43. The molecule has 0 N–H and O–H groups in total. The number of methoxy groups -OCH3 is 1. The number of anilines is 1. The Hall–Kier alpha value is -3.59. The van der Waals surface area contributed by atoms with E-state index in [-0.39, 0.29) is 5.91 Å². The Bertz CT molecular complexity index is 1250. The Morgan fingerprint density at radius 1 is 1.00 bits per heavy atom. The van der Waals surface area contributed by atoms with Crippen LogP contribution in [0.4, 0.5) is 5.69 Å². The number of thioether (sulfide) groups is 1. The molecule has 168 valence electrons. The summed E-state index contributed by atoms with van der Waals surface area (Å²) in [7, 11) is 1.68. The number of aromatic nitrogens is 4. The number of hydrogen-bond donors (Lipinski definition) is 0. The number of carbonyl (C=O) groups is 1. The molecule has 1 amide bonds. The van der Waals surface area contributed by atoms with Gasteiger partial charge >= 0.3 is 0 Å². The van der Waals surface area contributed by atoms with Gasteiger partial charge in [0.2, 0.25) is 5.91 Å². The van der Waals surface area contributed by atoms with E-state index in [2.05, 4.69) is 26.0 Å². The minimum Gasteiger partial charge on any atom is -0.495 e. The van der Waals surface area contributed by atoms with Gasteiger partial charge in [-0.25, -0.2) is 14.6 Å². The van der Waals surface area contributed by atoms with Gasteiger partial charge in [-0.05, 0) is 24.3 Å². The van der Waals surface area contributed by atoms with E-state index in [4.69, 9.17) is 4.74 Å². The first-order valence-corrected chi connectivity index (χ1v) is 11.8. The van der Waals surface area contributed by atoms with Gasteiger partial charge < -0.3 is 14.5 Å². The Kier molecular flexibility index (Phi) is 6.12. The van der Waals surface area contributed by atoms with Crippen LogP contribution in [0.5, 0.6) is 5.75 Å². The molecule has 33 heavy (non-hydrogen) atoms. The Balaban J connectivity index is 1.23. The van der Waals surface area contributed by atoms with E-state index in [9.17, 15) is 4.79 Å². The zero-order chi connectivity index (χ0) is 22.6. The number of nitrogens with zero attached hydrogens (tertiary/aromatic N) is 6. The molecule has 0 spiro atoms. The van der Waals surface area contributed by atoms with Crippen molar-refractivity contribution >= 4 is 34.4 Å². The van der Waals surface area contributed by atoms with Crippen molar-refractivity contribution in [2.75, 3.05) is 43.9 Å². The molecule has 1 saturated heterocycles. The smallest absolute Gasteiger partial charge is 0.233 e. The van der Waals surface area contributed by atoms with Crippen LogP contribution in [0.15, 0.2) is 72.1 Å². The lowest BCUT2D eigenvalue weighted by molar-refractivity contribution is -0.128. The van der Waals surface area contributed by atoms with Crippen LogP contribution in [0.1, 0.15) is 0 Å². The summed E-state index contributed by atoms with van der Waals surface area (Å²) in [6.45, 7) is 2.92. The monoisotopic (exact) mass is 460 g/mol. The van der Waals surface area contributed by atoms with Crippen LogP contribution >= 0.6 is 11.8 Å². The standard InChI is InChI=1S/C24H24N6O2S/c1-32-21-10-6-5-9-20(21)28-11-13-29(14-12-28)22(31)16-33-24-19-15-27-30(23(19)25-17-26-24)18-7-3-2-4-8-18/h2-10,15,17H,11-14,16H2,1H3. The fourth-order valence-corrected chi connectivity index (χ4v) is 4.87. The molecule has 4 aromatic rings. The topological polar surface area (TPSA) is 76.4 Å². The van der Waals surface area contributed by atoms with Gasteiger partial charge in [-0.3, -0.25) is 4.79 Å². The number of carbonyl (C=O) groups excluding carboxylic acids is 1. The van der Waals surface area contributed by atoms with E-state index in [0.717, 1.165) is 46.3 Å². The van der Waals surface area contributed by atoms with Crippen LogP contribution in [-0.2, 0) is 4.79 Å². The van der Waals surface area contributed by atoms with Crippen LogP contribution in [0.25, 0.3) is 16.7 Å². The van der Waals surface area contributed by atoms with Crippen LogP contribution < -0.4 is 9.64 Å². The van der Waals surface area contributed by atoms with E-state index in [1.807, 2.05) is 53.4 Å². The van der Waals surface area contributed by atoms with E-state index < -0.39 is 0 Å². The lowest BCUT2D eigenvalue weighted by atomic mass is 10.2. The second kappa shape index (κ2) is 9.50. The van der Waals surface area contributed by atoms with Crippen molar-refractivity contribution in [3.63, 3.8) is 0 Å². The molecule has 0 bridgehead atoms. The molecule has 0 aliphatic carbocycles. The minimum absolute atomic E-state index is 0.113. The van der Waals surface area contributed by atoms with Crippen molar-refractivity contribution in [1.82, 2.24) is 24.6 Å². The number of para-hydroxylation sites is 3. The van der Waals surface area contributed by atoms with Crippen molar-refractivity contribution in [3.8, 4) is 11.4 Å². The van der Waals surface area contributed by atoms with Gasteiger partial charge in [-0.2, -0.15) is 5.10 Å². The normalized spacial score (nSPS) is 14.0. The van der Waals surface area contributed by atoms with E-state index in [1.165, 1.54) is 18.1 Å². The number of ether oxygens (including phenoxy) is 1. The maximum Gasteiger partial charge on any atom is 0.233 e. The number of fused-ring (bicyclic) bond motifs is 1. The van der Waals surface area contributed by atoms with E-state index in [0.29, 0.717) is 18.8 Å². The second-order valence-electron chi connectivity index (χ2n) is 7.64. The summed E-state index contributed by atoms with van der Waals surface area (Å²) in [5, 5.41) is 6.10. The molecule has 9 heteroatoms. The number of hydrogen-bond acceptors (Lipinski definition) is 7. The Morgan fingerprint density at radius 2 is 1.76 bits per heavy atom. The summed E-state index contributed by atoms with van der Waals surface area (Å²) in [5.41, 5.74) is 2.74. The highest BCUT2D eigenvalue weighted by molar-refractivity contribution is 8.00. The fourth-order valence-electron chi connectivity index (χ4n) is 4.00. The van der Waals surface area contributed by atoms with Crippen molar-refractivity contribution in [2.24, 2.45) is 0 Å². The van der Waals surface area contributed by atoms with Crippen LogP contribution in [0, 0.1) is 0 Å². The molecular formula is C24H24N6O2S. The Labute approximate surface area is 196 Å². The lowest BCUT2D eigenvalue weighted by Gasteiger charge is -2.36. The lowest BCUT2D eigenvalue weighted by Crippen LogP contribution is -2.49. The SMILES string of the molecule is COc1ccccc1N1CCN(C(=O)CSc2ncnc3c2cnn3-c2ccccc2)CC1. The van der Waals surface area contributed by atoms with Crippen LogP contribution in [-0.4, -0.2) is 69.6 Å². The molecule has 1 fully saturated rings. The van der Waals surface area contributed by atoms with Crippen LogP contribution in [0.3, 0.4) is 0 Å². The fraction of sp³-hybridized carbons (Fsp3) is 0.250. The van der Waals surface area contributed by atoms with E-state index >= 15 is 0 Å². The highest BCUT2D eigenvalue weighted by Gasteiger charge is 2.23. The molecule has 5 rings (SSSR count). The average molecular weight is 461 g/mol. The highest BCUT2D eigenvalue weighted by atomic mass is 32.2. The molecule has 1 aliphatic rings. The summed E-state index contributed by atoms with van der Waals surface area (Å²) in [6.07, 6.45) is 3.30. The predicted molar refractivity (Wildman–Crippen MR) is 129 cm³/mol. The largest absolute Gasteiger partial charge is 0.495 e. The number of piperazine rings is 1. The van der Waals surface area contributed by atoms with E-state index in [1.54, 1.807) is 18.0 Å². The highest BCUT2D eigenvalue weighted by Crippen LogP contribution is 2.29. The quantitative estimate of drug-likeness (QED) is 0.323. The molecule has 0 saturated carbocycles. The van der Waals surface area contributed by atoms with Crippen molar-refractivity contribution < 1.29 is 9.53 Å². The molecular weight excluding hydrogens is 436 g/mol. The minimum atomic E-state index is 0.113. The first kappa shape index (κ1) is 21.3. The second-order valence-corrected chi connectivity index (χ2v) is 8.60. The maximum atomic E-state index is 12.9. The Morgan fingerprint density at radius 3 is 2.55 bits per heavy atom. The molecule has 8 nitrogen and oxygen atoms in total. The molecule has 2 aromatic heterocycles. The molecule has 0 radical (unpaired) electrons. The van der Waals surface area contributed by atoms with Crippen LogP contribution in [0.2, 0.25) is 0 Å². The molecule has 3 heterocycles. The van der Waals surface area contributed by atoms with Gasteiger partial charge in [0.1, 0.15) is 17.1 Å². The summed E-state index contributed by atoms with van der Waals surface area (Å²) < 4.78 is 7.27. The van der Waals surface area contributed by atoms with Gasteiger partial charge in [-0.1, -0.05) is 42.1 Å². The van der Waals surface area contributed by atoms with Crippen molar-refractivity contribution in [2.45, 2.75) is 5.03 Å². The zero-order valence-electron chi connectivity index (χ0n) is 18.3. The van der Waals surface area contributed by atoms with Gasteiger partial charge in [0, 0.05) is 26.2 Å². The first-order valence-electron chi connectivity index (χ1n) is 10.8. The number of rotatable bonds is 6. The van der Waals surface area contributed by atoms with Crippen molar-refractivity contribution in [3.05, 3.63) is 67.1 Å². The predicted octanol–water partition coefficient (Wildman–Crippen LogP) is 3.27. The van der Waals surface area contributed by atoms with Gasteiger partial charge in [0.15, 0.2) is 5.65 Å². The summed E-state index contributed by atoms with van der Waals surface area (Å²) in [5.74, 6) is 1.30. The summed E-state index contributed by atoms with van der Waals surface area (Å²) in [6, 6.07) is 17.9. The third kappa shape index (κ3) is 4.36. The van der Waals surface area contributed by atoms with Crippen molar-refractivity contribution in [1.29, 1.82) is 0 Å². The third-order valence-corrected chi connectivity index (χ3v) is 6.71. The van der Waals surface area contributed by atoms with Gasteiger partial charge in [-0.15, -0.1) is 0 Å². The average Bonchev–Trinajstić information content (AvgIpc) is 3.33. The molecule has 2 aromatic carbocycles. The van der Waals surface area contributed by atoms with Gasteiger partial charge in [0.25, 0.3) is 0 Å². The molecule has 0 unspecified atom stereocenters. The first-order chi connectivity index (χ1) is 16.2. The maximum absolute atomic E-state index is 12.9. The third-order valence-electron chi connectivity index (χ3n) is 5.72. The number of benzene rings is 2. The zero-order valence-corrected chi connectivity index (χ0v) is 19.1. The molecule has 0 atom stereocenters. The number of amides is 1. The van der Waals surface area contributed by atoms with Gasteiger partial charge in [0.05, 0.1) is 35.8 Å². The molecule has 1 aliphatic heterocycles.